The van der Waals surface area contributed by atoms with Crippen LogP contribution < -0.4 is 0 Å². The SMILES string of the molecule is CCC(C(=O)O)c1cc([N+](=O)[O-])cc(Cl)c1C. The maximum absolute atomic E-state index is 11.1. The Morgan fingerprint density at radius 3 is 2.59 bits per heavy atom. The predicted molar refractivity (Wildman–Crippen MR) is 63.5 cm³/mol. The van der Waals surface area contributed by atoms with Crippen LogP contribution in [0.5, 0.6) is 0 Å². The molecule has 0 radical (unpaired) electrons. The van der Waals surface area contributed by atoms with E-state index < -0.39 is 16.8 Å². The lowest BCUT2D eigenvalue weighted by Crippen LogP contribution is -2.12. The van der Waals surface area contributed by atoms with Crippen LogP contribution in [0, 0.1) is 17.0 Å². The molecule has 0 amide bonds. The summed E-state index contributed by atoms with van der Waals surface area (Å²) in [5.74, 6) is -1.78. The van der Waals surface area contributed by atoms with Crippen molar-refractivity contribution in [1.29, 1.82) is 0 Å². The van der Waals surface area contributed by atoms with Gasteiger partial charge >= 0.3 is 5.97 Å². The molecule has 6 heteroatoms. The van der Waals surface area contributed by atoms with Crippen LogP contribution in [0.25, 0.3) is 0 Å². The van der Waals surface area contributed by atoms with E-state index in [1.807, 2.05) is 0 Å². The van der Waals surface area contributed by atoms with Crippen molar-refractivity contribution in [2.45, 2.75) is 26.2 Å². The number of nitrogens with zero attached hydrogens (tertiary/aromatic N) is 1. The van der Waals surface area contributed by atoms with E-state index in [0.717, 1.165) is 0 Å². The number of nitro groups is 1. The fraction of sp³-hybridized carbons (Fsp3) is 0.364. The van der Waals surface area contributed by atoms with Crippen LogP contribution in [0.1, 0.15) is 30.4 Å². The number of nitro benzene ring substituents is 1. The second kappa shape index (κ2) is 5.14. The van der Waals surface area contributed by atoms with Gasteiger partial charge < -0.3 is 5.11 Å². The molecule has 1 aromatic rings. The summed E-state index contributed by atoms with van der Waals surface area (Å²) in [6.45, 7) is 3.37. The molecule has 0 heterocycles. The van der Waals surface area contributed by atoms with Crippen molar-refractivity contribution in [3.63, 3.8) is 0 Å². The minimum Gasteiger partial charge on any atom is -0.481 e. The van der Waals surface area contributed by atoms with Crippen molar-refractivity contribution in [1.82, 2.24) is 0 Å². The highest BCUT2D eigenvalue weighted by Gasteiger charge is 2.23. The number of carboxylic acid groups (broad SMARTS) is 1. The topological polar surface area (TPSA) is 80.4 Å². The third-order valence-corrected chi connectivity index (χ3v) is 3.05. The summed E-state index contributed by atoms with van der Waals surface area (Å²) in [6, 6.07) is 2.51. The zero-order valence-electron chi connectivity index (χ0n) is 9.44. The molecular formula is C11H12ClNO4. The molecular weight excluding hydrogens is 246 g/mol. The van der Waals surface area contributed by atoms with Crippen LogP contribution in [0.15, 0.2) is 12.1 Å². The first-order chi connectivity index (χ1) is 7.88. The number of benzene rings is 1. The van der Waals surface area contributed by atoms with Crippen LogP contribution in [0.4, 0.5) is 5.69 Å². The van der Waals surface area contributed by atoms with Gasteiger partial charge in [0, 0.05) is 12.1 Å². The van der Waals surface area contributed by atoms with E-state index in [4.69, 9.17) is 16.7 Å². The Labute approximate surface area is 103 Å². The van der Waals surface area contributed by atoms with E-state index >= 15 is 0 Å². The third-order valence-electron chi connectivity index (χ3n) is 2.66. The van der Waals surface area contributed by atoms with Gasteiger partial charge in [0.05, 0.1) is 15.9 Å². The highest BCUT2D eigenvalue weighted by molar-refractivity contribution is 6.31. The van der Waals surface area contributed by atoms with E-state index in [1.54, 1.807) is 13.8 Å². The van der Waals surface area contributed by atoms with Crippen molar-refractivity contribution >= 4 is 23.3 Å². The van der Waals surface area contributed by atoms with Gasteiger partial charge in [0.1, 0.15) is 0 Å². The van der Waals surface area contributed by atoms with Gasteiger partial charge in [-0.3, -0.25) is 14.9 Å². The standard InChI is InChI=1S/C11H12ClNO4/c1-3-8(11(14)15)9-4-7(13(16)17)5-10(12)6(9)2/h4-5,8H,3H2,1-2H3,(H,14,15). The highest BCUT2D eigenvalue weighted by Crippen LogP contribution is 2.32. The lowest BCUT2D eigenvalue weighted by molar-refractivity contribution is -0.384. The average Bonchev–Trinajstić information content (AvgIpc) is 2.24. The molecule has 1 unspecified atom stereocenters. The van der Waals surface area contributed by atoms with Gasteiger partial charge in [-0.1, -0.05) is 18.5 Å². The number of hydrogen-bond acceptors (Lipinski definition) is 3. The molecule has 0 aliphatic rings. The van der Waals surface area contributed by atoms with Gasteiger partial charge in [0.25, 0.3) is 5.69 Å². The number of carboxylic acids is 1. The maximum atomic E-state index is 11.1. The molecule has 5 nitrogen and oxygen atoms in total. The number of hydrogen-bond donors (Lipinski definition) is 1. The molecule has 0 aliphatic carbocycles. The van der Waals surface area contributed by atoms with Crippen LogP contribution in [0.2, 0.25) is 5.02 Å². The van der Waals surface area contributed by atoms with Crippen molar-refractivity contribution in [3.8, 4) is 0 Å². The number of carbonyl (C=O) groups is 1. The minimum absolute atomic E-state index is 0.185. The maximum Gasteiger partial charge on any atom is 0.310 e. The lowest BCUT2D eigenvalue weighted by Gasteiger charge is -2.14. The van der Waals surface area contributed by atoms with Gasteiger partial charge in [0.15, 0.2) is 0 Å². The molecule has 0 bridgehead atoms. The molecule has 17 heavy (non-hydrogen) atoms. The van der Waals surface area contributed by atoms with E-state index in [0.29, 0.717) is 17.5 Å². The van der Waals surface area contributed by atoms with E-state index in [9.17, 15) is 14.9 Å². The zero-order chi connectivity index (χ0) is 13.2. The third kappa shape index (κ3) is 2.74. The van der Waals surface area contributed by atoms with Crippen molar-refractivity contribution in [2.24, 2.45) is 0 Å². The molecule has 0 aliphatic heterocycles. The second-order valence-electron chi connectivity index (χ2n) is 3.70. The Morgan fingerprint density at radius 1 is 1.59 bits per heavy atom. The van der Waals surface area contributed by atoms with E-state index in [-0.39, 0.29) is 10.7 Å². The summed E-state index contributed by atoms with van der Waals surface area (Å²) in [5.41, 5.74) is 0.793. The van der Waals surface area contributed by atoms with Crippen LogP contribution in [-0.4, -0.2) is 16.0 Å². The van der Waals surface area contributed by atoms with Crippen molar-refractivity contribution in [2.75, 3.05) is 0 Å². The molecule has 1 aromatic carbocycles. The molecule has 0 aromatic heterocycles. The number of non-ortho nitro benzene ring substituents is 1. The second-order valence-corrected chi connectivity index (χ2v) is 4.11. The lowest BCUT2D eigenvalue weighted by atomic mass is 9.92. The normalized spacial score (nSPS) is 12.2. The Bertz CT molecular complexity index is 473. The minimum atomic E-state index is -1.01. The summed E-state index contributed by atoms with van der Waals surface area (Å²) in [5, 5.41) is 20.0. The predicted octanol–water partition coefficient (Wildman–Crippen LogP) is 3.13. The first kappa shape index (κ1) is 13.4. The highest BCUT2D eigenvalue weighted by atomic mass is 35.5. The average molecular weight is 258 g/mol. The molecule has 0 fully saturated rings. The van der Waals surface area contributed by atoms with Gasteiger partial charge in [-0.15, -0.1) is 0 Å². The van der Waals surface area contributed by atoms with Gasteiger partial charge in [-0.2, -0.15) is 0 Å². The number of halogens is 1. The summed E-state index contributed by atoms with van der Waals surface area (Å²) >= 11 is 5.87. The smallest absolute Gasteiger partial charge is 0.310 e. The molecule has 92 valence electrons. The molecule has 0 saturated heterocycles. The quantitative estimate of drug-likeness (QED) is 0.664. The Morgan fingerprint density at radius 2 is 2.18 bits per heavy atom. The first-order valence-electron chi connectivity index (χ1n) is 5.05. The van der Waals surface area contributed by atoms with Crippen LogP contribution >= 0.6 is 11.6 Å². The number of rotatable bonds is 4. The zero-order valence-corrected chi connectivity index (χ0v) is 10.2. The largest absolute Gasteiger partial charge is 0.481 e. The van der Waals surface area contributed by atoms with Gasteiger partial charge in [0.2, 0.25) is 0 Å². The number of aliphatic carboxylic acids is 1. The van der Waals surface area contributed by atoms with Crippen molar-refractivity contribution < 1.29 is 14.8 Å². The molecule has 0 spiro atoms. The first-order valence-corrected chi connectivity index (χ1v) is 5.43. The molecule has 1 rings (SSSR count). The molecule has 1 atom stereocenters. The van der Waals surface area contributed by atoms with E-state index in [1.165, 1.54) is 12.1 Å². The van der Waals surface area contributed by atoms with Crippen LogP contribution in [0.3, 0.4) is 0 Å². The van der Waals surface area contributed by atoms with Gasteiger partial charge in [-0.25, -0.2) is 0 Å². The van der Waals surface area contributed by atoms with E-state index in [2.05, 4.69) is 0 Å². The summed E-state index contributed by atoms with van der Waals surface area (Å²) in [6.07, 6.45) is 0.355. The Hall–Kier alpha value is -1.62. The summed E-state index contributed by atoms with van der Waals surface area (Å²) < 4.78 is 0. The fourth-order valence-electron chi connectivity index (χ4n) is 1.68. The van der Waals surface area contributed by atoms with Gasteiger partial charge in [-0.05, 0) is 24.5 Å². The fourth-order valence-corrected chi connectivity index (χ4v) is 1.90. The Balaban J connectivity index is 3.40. The summed E-state index contributed by atoms with van der Waals surface area (Å²) in [7, 11) is 0. The van der Waals surface area contributed by atoms with Crippen molar-refractivity contribution in [3.05, 3.63) is 38.4 Å². The monoisotopic (exact) mass is 257 g/mol. The Kier molecular flexibility index (Phi) is 4.07. The molecule has 0 saturated carbocycles. The summed E-state index contributed by atoms with van der Waals surface area (Å²) in [4.78, 5) is 21.2. The van der Waals surface area contributed by atoms with Crippen LogP contribution in [-0.2, 0) is 4.79 Å². The molecule has 1 N–H and O–H groups in total.